The number of esters is 2. The van der Waals surface area contributed by atoms with Gasteiger partial charge in [0.05, 0.1) is 12.8 Å². The van der Waals surface area contributed by atoms with Gasteiger partial charge in [-0.25, -0.2) is 4.79 Å². The summed E-state index contributed by atoms with van der Waals surface area (Å²) in [7, 11) is 0. The van der Waals surface area contributed by atoms with Crippen LogP contribution in [0.1, 0.15) is 42.8 Å². The van der Waals surface area contributed by atoms with E-state index in [1.54, 1.807) is 13.0 Å². The third-order valence-electron chi connectivity index (χ3n) is 4.23. The van der Waals surface area contributed by atoms with Crippen LogP contribution in [0.3, 0.4) is 0 Å². The van der Waals surface area contributed by atoms with Gasteiger partial charge >= 0.3 is 17.9 Å². The van der Waals surface area contributed by atoms with Crippen molar-refractivity contribution in [3.05, 3.63) is 41.2 Å². The van der Waals surface area contributed by atoms with Gasteiger partial charge in [0.15, 0.2) is 6.10 Å². The number of carbonyl (C=O) groups excluding carboxylic acids is 2. The molecule has 1 atom stereocenters. The van der Waals surface area contributed by atoms with E-state index in [1.807, 2.05) is 19.1 Å². The summed E-state index contributed by atoms with van der Waals surface area (Å²) < 4.78 is 16.0. The Labute approximate surface area is 149 Å². The molecule has 0 amide bonds. The number of carboxylic acid groups (broad SMARTS) is 1. The summed E-state index contributed by atoms with van der Waals surface area (Å²) in [6, 6.07) is 5.54. The van der Waals surface area contributed by atoms with Crippen LogP contribution in [0.25, 0.3) is 16.5 Å². The van der Waals surface area contributed by atoms with Crippen molar-refractivity contribution in [2.45, 2.75) is 32.8 Å². The molecule has 0 bridgehead atoms. The van der Waals surface area contributed by atoms with Crippen LogP contribution in [0.5, 0.6) is 0 Å². The van der Waals surface area contributed by atoms with Crippen LogP contribution in [-0.2, 0) is 23.9 Å². The van der Waals surface area contributed by atoms with Crippen molar-refractivity contribution >= 4 is 34.5 Å². The van der Waals surface area contributed by atoms with Gasteiger partial charge in [0.25, 0.3) is 0 Å². The van der Waals surface area contributed by atoms with Crippen LogP contribution in [0, 0.1) is 6.92 Å². The Bertz CT molecular complexity index is 919. The molecule has 136 valence electrons. The van der Waals surface area contributed by atoms with Crippen LogP contribution in [0.4, 0.5) is 0 Å². The Hall–Kier alpha value is -3.09. The first-order valence-corrected chi connectivity index (χ1v) is 8.17. The molecule has 0 saturated heterocycles. The first-order chi connectivity index (χ1) is 12.3. The molecule has 2 heterocycles. The lowest BCUT2D eigenvalue weighted by atomic mass is 10.0. The highest BCUT2D eigenvalue weighted by Gasteiger charge is 2.22. The van der Waals surface area contributed by atoms with Crippen molar-refractivity contribution in [2.75, 3.05) is 6.61 Å². The molecule has 0 fully saturated rings. The highest BCUT2D eigenvalue weighted by Crippen LogP contribution is 2.33. The number of ether oxygens (including phenoxy) is 2. The molecule has 0 saturated carbocycles. The summed E-state index contributed by atoms with van der Waals surface area (Å²) in [5.41, 5.74) is 3.13. The van der Waals surface area contributed by atoms with Gasteiger partial charge in [0.1, 0.15) is 18.0 Å². The van der Waals surface area contributed by atoms with E-state index in [2.05, 4.69) is 0 Å². The Morgan fingerprint density at radius 1 is 1.31 bits per heavy atom. The maximum atomic E-state index is 11.7. The molecule has 3 rings (SSSR count). The first kappa shape index (κ1) is 17.7. The van der Waals surface area contributed by atoms with Crippen LogP contribution in [-0.4, -0.2) is 29.6 Å². The highest BCUT2D eigenvalue weighted by atomic mass is 16.6. The van der Waals surface area contributed by atoms with Gasteiger partial charge in [0.2, 0.25) is 0 Å². The van der Waals surface area contributed by atoms with E-state index in [4.69, 9.17) is 19.0 Å². The zero-order valence-electron chi connectivity index (χ0n) is 14.4. The summed E-state index contributed by atoms with van der Waals surface area (Å²) >= 11 is 0. The molecule has 1 unspecified atom stereocenters. The third kappa shape index (κ3) is 3.61. The molecule has 1 aromatic carbocycles. The maximum Gasteiger partial charge on any atom is 0.331 e. The second kappa shape index (κ2) is 7.03. The summed E-state index contributed by atoms with van der Waals surface area (Å²) in [6.45, 7) is 3.78. The molecule has 26 heavy (non-hydrogen) atoms. The van der Waals surface area contributed by atoms with Crippen LogP contribution < -0.4 is 0 Å². The van der Waals surface area contributed by atoms with Gasteiger partial charge < -0.3 is 19.0 Å². The molecule has 7 heteroatoms. The maximum absolute atomic E-state index is 11.7. The quantitative estimate of drug-likeness (QED) is 0.791. The lowest BCUT2D eigenvalue weighted by Crippen LogP contribution is -2.10. The Kier molecular flexibility index (Phi) is 4.79. The molecular formula is C19H18O7. The number of hydrogen-bond donors (Lipinski definition) is 1. The van der Waals surface area contributed by atoms with E-state index < -0.39 is 18.0 Å². The van der Waals surface area contributed by atoms with Gasteiger partial charge in [-0.3, -0.25) is 9.59 Å². The van der Waals surface area contributed by atoms with E-state index in [0.29, 0.717) is 11.3 Å². The lowest BCUT2D eigenvalue weighted by Gasteiger charge is -2.11. The number of cyclic esters (lactones) is 1. The normalized spacial score (nSPS) is 14.8. The van der Waals surface area contributed by atoms with Gasteiger partial charge in [-0.05, 0) is 31.5 Å². The fourth-order valence-electron chi connectivity index (χ4n) is 2.89. The Morgan fingerprint density at radius 2 is 2.08 bits per heavy atom. The van der Waals surface area contributed by atoms with E-state index >= 15 is 0 Å². The topological polar surface area (TPSA) is 103 Å². The van der Waals surface area contributed by atoms with Crippen LogP contribution in [0.15, 0.2) is 28.7 Å². The molecule has 0 radical (unpaired) electrons. The minimum Gasteiger partial charge on any atom is -0.481 e. The predicted octanol–water partition coefficient (Wildman–Crippen LogP) is 3.15. The second-order valence-corrected chi connectivity index (χ2v) is 6.11. The van der Waals surface area contributed by atoms with E-state index in [9.17, 15) is 14.4 Å². The minimum absolute atomic E-state index is 0.189. The summed E-state index contributed by atoms with van der Waals surface area (Å²) in [5, 5.41) is 9.48. The Morgan fingerprint density at radius 3 is 2.73 bits per heavy atom. The third-order valence-corrected chi connectivity index (χ3v) is 4.23. The zero-order valence-corrected chi connectivity index (χ0v) is 14.4. The summed E-state index contributed by atoms with van der Waals surface area (Å²) in [5.74, 6) is -1.49. The zero-order chi connectivity index (χ0) is 18.8. The molecule has 1 N–H and O–H groups in total. The molecule has 0 spiro atoms. The molecule has 2 aromatic rings. The standard InChI is InChI=1S/C19H18O7/c1-10-14-7-12(13-8-18(23)24-9-13)3-4-15(14)26-19(10)11(2)25-17(22)6-5-16(20)21/h3-4,7-8,11H,5-6,9H2,1-2H3,(H,20,21). The fourth-order valence-corrected chi connectivity index (χ4v) is 2.89. The molecule has 1 aliphatic rings. The van der Waals surface area contributed by atoms with Crippen molar-refractivity contribution in [3.8, 4) is 0 Å². The smallest absolute Gasteiger partial charge is 0.331 e. The molecule has 7 nitrogen and oxygen atoms in total. The largest absolute Gasteiger partial charge is 0.481 e. The fraction of sp³-hybridized carbons (Fsp3) is 0.316. The number of carbonyl (C=O) groups is 3. The van der Waals surface area contributed by atoms with Crippen molar-refractivity contribution < 1.29 is 33.4 Å². The number of hydrogen-bond acceptors (Lipinski definition) is 6. The van der Waals surface area contributed by atoms with Gasteiger partial charge in [-0.1, -0.05) is 6.07 Å². The minimum atomic E-state index is -1.05. The average molecular weight is 358 g/mol. The Balaban J connectivity index is 1.82. The highest BCUT2D eigenvalue weighted by molar-refractivity contribution is 5.97. The molecule has 0 aliphatic carbocycles. The van der Waals surface area contributed by atoms with Crippen molar-refractivity contribution in [3.63, 3.8) is 0 Å². The number of aliphatic carboxylic acids is 1. The number of furan rings is 1. The SMILES string of the molecule is Cc1c(C(C)OC(=O)CCC(=O)O)oc2ccc(C3=CC(=O)OC3)cc12. The number of aryl methyl sites for hydroxylation is 1. The molecule has 1 aliphatic heterocycles. The average Bonchev–Trinajstić information content (AvgIpc) is 3.16. The monoisotopic (exact) mass is 358 g/mol. The molecular weight excluding hydrogens is 340 g/mol. The first-order valence-electron chi connectivity index (χ1n) is 8.17. The van der Waals surface area contributed by atoms with Crippen molar-refractivity contribution in [1.82, 2.24) is 0 Å². The second-order valence-electron chi connectivity index (χ2n) is 6.11. The van der Waals surface area contributed by atoms with Crippen LogP contribution in [0.2, 0.25) is 0 Å². The number of rotatable bonds is 6. The van der Waals surface area contributed by atoms with Gasteiger partial charge in [0, 0.05) is 22.6 Å². The van der Waals surface area contributed by atoms with Gasteiger partial charge in [-0.2, -0.15) is 0 Å². The van der Waals surface area contributed by atoms with E-state index in [-0.39, 0.29) is 25.4 Å². The van der Waals surface area contributed by atoms with Crippen LogP contribution >= 0.6 is 0 Å². The summed E-state index contributed by atoms with van der Waals surface area (Å²) in [6.07, 6.45) is 0.363. The van der Waals surface area contributed by atoms with Crippen molar-refractivity contribution in [2.24, 2.45) is 0 Å². The summed E-state index contributed by atoms with van der Waals surface area (Å²) in [4.78, 5) is 33.5. The van der Waals surface area contributed by atoms with E-state index in [1.165, 1.54) is 6.08 Å². The number of carboxylic acids is 1. The molecule has 1 aromatic heterocycles. The van der Waals surface area contributed by atoms with Crippen molar-refractivity contribution in [1.29, 1.82) is 0 Å². The van der Waals surface area contributed by atoms with Gasteiger partial charge in [-0.15, -0.1) is 0 Å². The van der Waals surface area contributed by atoms with E-state index in [0.717, 1.165) is 22.1 Å². The predicted molar refractivity (Wildman–Crippen MR) is 91.3 cm³/mol. The number of fused-ring (bicyclic) bond motifs is 1. The number of benzene rings is 1. The lowest BCUT2D eigenvalue weighted by molar-refractivity contribution is -0.152.